The highest BCUT2D eigenvalue weighted by molar-refractivity contribution is 6.30. The number of nitrogens with zero attached hydrogens (tertiary/aromatic N) is 3. The molecule has 0 atom stereocenters. The predicted octanol–water partition coefficient (Wildman–Crippen LogP) is 5.30. The summed E-state index contributed by atoms with van der Waals surface area (Å²) in [6.07, 6.45) is 4.20. The Bertz CT molecular complexity index is 969. The lowest BCUT2D eigenvalue weighted by molar-refractivity contribution is 0.441. The molecule has 5 heteroatoms. The van der Waals surface area contributed by atoms with Crippen LogP contribution in [0, 0.1) is 0 Å². The molecule has 0 unspecified atom stereocenters. The van der Waals surface area contributed by atoms with E-state index in [0.717, 1.165) is 52.6 Å². The fourth-order valence-corrected chi connectivity index (χ4v) is 2.99. The van der Waals surface area contributed by atoms with Crippen molar-refractivity contribution in [3.05, 3.63) is 47.7 Å². The summed E-state index contributed by atoms with van der Waals surface area (Å²) in [7, 11) is 0. The molecule has 4 rings (SSSR count). The molecule has 4 aromatic rings. The molecule has 0 saturated carbocycles. The second-order valence-corrected chi connectivity index (χ2v) is 6.07. The highest BCUT2D eigenvalue weighted by Crippen LogP contribution is 2.34. The largest absolute Gasteiger partial charge is 0.355 e. The smallest absolute Gasteiger partial charge is 0.176 e. The van der Waals surface area contributed by atoms with Crippen molar-refractivity contribution in [3.8, 4) is 11.3 Å². The van der Waals surface area contributed by atoms with E-state index >= 15 is 0 Å². The Hall–Kier alpha value is -2.33. The van der Waals surface area contributed by atoms with Gasteiger partial charge in [0.1, 0.15) is 11.0 Å². The van der Waals surface area contributed by atoms with Crippen LogP contribution in [0.4, 0.5) is 0 Å². The maximum absolute atomic E-state index is 5.98. The number of hydrogen-bond donors (Lipinski definition) is 0. The van der Waals surface area contributed by atoms with Gasteiger partial charge in [-0.15, -0.1) is 0 Å². The van der Waals surface area contributed by atoms with E-state index in [1.165, 1.54) is 0 Å². The molecule has 2 aromatic carbocycles. The van der Waals surface area contributed by atoms with Gasteiger partial charge < -0.3 is 9.09 Å². The van der Waals surface area contributed by atoms with Gasteiger partial charge in [0.15, 0.2) is 5.76 Å². The third-order valence-corrected chi connectivity index (χ3v) is 4.34. The monoisotopic (exact) mass is 325 g/mol. The molecule has 2 aromatic heterocycles. The van der Waals surface area contributed by atoms with Crippen LogP contribution in [0.1, 0.15) is 19.8 Å². The van der Waals surface area contributed by atoms with Gasteiger partial charge in [0.05, 0.1) is 17.2 Å². The van der Waals surface area contributed by atoms with Gasteiger partial charge in [0.25, 0.3) is 0 Å². The molecule has 4 nitrogen and oxygen atoms in total. The molecule has 0 fully saturated rings. The summed E-state index contributed by atoms with van der Waals surface area (Å²) < 4.78 is 7.79. The Morgan fingerprint density at radius 2 is 1.96 bits per heavy atom. The quantitative estimate of drug-likeness (QED) is 0.511. The first-order chi connectivity index (χ1) is 11.3. The van der Waals surface area contributed by atoms with Crippen LogP contribution in [0.25, 0.3) is 33.3 Å². The molecule has 116 valence electrons. The van der Waals surface area contributed by atoms with Crippen molar-refractivity contribution < 1.29 is 4.52 Å². The van der Waals surface area contributed by atoms with Crippen molar-refractivity contribution in [3.63, 3.8) is 0 Å². The molecule has 0 aliphatic rings. The Kier molecular flexibility index (Phi) is 3.54. The fraction of sp³-hybridized carbons (Fsp3) is 0.222. The summed E-state index contributed by atoms with van der Waals surface area (Å²) in [5.41, 5.74) is 3.82. The summed E-state index contributed by atoms with van der Waals surface area (Å²) in [4.78, 5) is 4.61. The summed E-state index contributed by atoms with van der Waals surface area (Å²) in [5, 5.41) is 5.84. The van der Waals surface area contributed by atoms with Crippen molar-refractivity contribution in [1.29, 1.82) is 0 Å². The van der Waals surface area contributed by atoms with E-state index in [1.54, 1.807) is 0 Å². The minimum Gasteiger partial charge on any atom is -0.355 e. The first-order valence-corrected chi connectivity index (χ1v) is 8.15. The van der Waals surface area contributed by atoms with Crippen LogP contribution in [0.15, 0.2) is 47.2 Å². The molecule has 0 radical (unpaired) electrons. The second-order valence-electron chi connectivity index (χ2n) is 5.64. The topological polar surface area (TPSA) is 43.9 Å². The Morgan fingerprint density at radius 3 is 2.74 bits per heavy atom. The molecular formula is C18H16ClN3O. The van der Waals surface area contributed by atoms with Crippen LogP contribution in [0.5, 0.6) is 0 Å². The Morgan fingerprint density at radius 1 is 1.13 bits per heavy atom. The van der Waals surface area contributed by atoms with Crippen molar-refractivity contribution in [2.24, 2.45) is 0 Å². The molecule has 0 aliphatic carbocycles. The lowest BCUT2D eigenvalue weighted by Gasteiger charge is -2.02. The van der Waals surface area contributed by atoms with Crippen LogP contribution in [-0.2, 0) is 6.54 Å². The van der Waals surface area contributed by atoms with Crippen LogP contribution < -0.4 is 0 Å². The molecule has 0 bridgehead atoms. The van der Waals surface area contributed by atoms with Crippen molar-refractivity contribution in [1.82, 2.24) is 14.7 Å². The van der Waals surface area contributed by atoms with Crippen molar-refractivity contribution in [2.45, 2.75) is 26.3 Å². The minimum absolute atomic E-state index is 0.701. The molecule has 0 amide bonds. The Balaban J connectivity index is 1.92. The number of imidazole rings is 1. The van der Waals surface area contributed by atoms with Crippen LogP contribution in [-0.4, -0.2) is 14.7 Å². The zero-order valence-electron chi connectivity index (χ0n) is 12.8. The average molecular weight is 326 g/mol. The highest BCUT2D eigenvalue weighted by atomic mass is 35.5. The molecule has 2 heterocycles. The number of aryl methyl sites for hydroxylation is 1. The maximum Gasteiger partial charge on any atom is 0.176 e. The van der Waals surface area contributed by atoms with E-state index in [1.807, 2.05) is 36.7 Å². The van der Waals surface area contributed by atoms with Gasteiger partial charge in [-0.3, -0.25) is 0 Å². The lowest BCUT2D eigenvalue weighted by Crippen LogP contribution is -1.94. The molecular weight excluding hydrogens is 310 g/mol. The van der Waals surface area contributed by atoms with Crippen molar-refractivity contribution >= 4 is 33.5 Å². The van der Waals surface area contributed by atoms with Gasteiger partial charge in [0.2, 0.25) is 0 Å². The van der Waals surface area contributed by atoms with E-state index in [0.29, 0.717) is 5.02 Å². The number of benzene rings is 2. The maximum atomic E-state index is 5.98. The average Bonchev–Trinajstić information content (AvgIpc) is 3.17. The highest BCUT2D eigenvalue weighted by Gasteiger charge is 2.16. The predicted molar refractivity (Wildman–Crippen MR) is 92.7 cm³/mol. The van der Waals surface area contributed by atoms with E-state index in [-0.39, 0.29) is 0 Å². The lowest BCUT2D eigenvalue weighted by atomic mass is 10.1. The first kappa shape index (κ1) is 14.3. The van der Waals surface area contributed by atoms with Crippen LogP contribution in [0.3, 0.4) is 0 Å². The molecule has 0 N–H and O–H groups in total. The summed E-state index contributed by atoms with van der Waals surface area (Å²) in [6, 6.07) is 11.6. The molecule has 23 heavy (non-hydrogen) atoms. The SMILES string of the molecule is CCCCn1cnc2c3c(-c4ccc(Cl)cc4)onc3ccc21. The van der Waals surface area contributed by atoms with Gasteiger partial charge >= 0.3 is 0 Å². The van der Waals surface area contributed by atoms with E-state index in [9.17, 15) is 0 Å². The van der Waals surface area contributed by atoms with Gasteiger partial charge in [-0.2, -0.15) is 0 Å². The zero-order valence-corrected chi connectivity index (χ0v) is 13.5. The molecule has 0 aliphatic heterocycles. The van der Waals surface area contributed by atoms with E-state index in [4.69, 9.17) is 16.1 Å². The van der Waals surface area contributed by atoms with Gasteiger partial charge in [-0.05, 0) is 42.8 Å². The Labute approximate surface area is 138 Å². The zero-order chi connectivity index (χ0) is 15.8. The summed E-state index contributed by atoms with van der Waals surface area (Å²) >= 11 is 5.98. The third kappa shape index (κ3) is 2.39. The number of halogens is 1. The number of rotatable bonds is 4. The molecule has 0 saturated heterocycles. The first-order valence-electron chi connectivity index (χ1n) is 7.77. The fourth-order valence-electron chi connectivity index (χ4n) is 2.87. The van der Waals surface area contributed by atoms with E-state index < -0.39 is 0 Å². The van der Waals surface area contributed by atoms with Crippen LogP contribution in [0.2, 0.25) is 5.02 Å². The number of aromatic nitrogens is 3. The third-order valence-electron chi connectivity index (χ3n) is 4.09. The summed E-state index contributed by atoms with van der Waals surface area (Å²) in [5.74, 6) is 0.739. The number of fused-ring (bicyclic) bond motifs is 3. The minimum atomic E-state index is 0.701. The van der Waals surface area contributed by atoms with Crippen molar-refractivity contribution in [2.75, 3.05) is 0 Å². The van der Waals surface area contributed by atoms with Gasteiger partial charge in [0, 0.05) is 17.1 Å². The van der Waals surface area contributed by atoms with Gasteiger partial charge in [-0.25, -0.2) is 4.98 Å². The van der Waals surface area contributed by atoms with Gasteiger partial charge in [-0.1, -0.05) is 30.1 Å². The van der Waals surface area contributed by atoms with Crippen LogP contribution >= 0.6 is 11.6 Å². The normalized spacial score (nSPS) is 11.6. The standard InChI is InChI=1S/C18H16ClN3O/c1-2-3-10-22-11-20-17-15(22)9-8-14-16(17)18(23-21-14)12-4-6-13(19)7-5-12/h4-9,11H,2-3,10H2,1H3. The summed E-state index contributed by atoms with van der Waals surface area (Å²) in [6.45, 7) is 3.16. The molecule has 0 spiro atoms. The second kappa shape index (κ2) is 5.70. The van der Waals surface area contributed by atoms with E-state index in [2.05, 4.69) is 27.7 Å². The number of hydrogen-bond acceptors (Lipinski definition) is 3. The number of unbranched alkanes of at least 4 members (excludes halogenated alkanes) is 1.